The molecule has 0 bridgehead atoms. The van der Waals surface area contributed by atoms with Crippen LogP contribution in [0.5, 0.6) is 5.75 Å². The molecule has 0 atom stereocenters. The summed E-state index contributed by atoms with van der Waals surface area (Å²) in [5, 5.41) is 3.37. The molecule has 0 aliphatic carbocycles. The van der Waals surface area contributed by atoms with Crippen molar-refractivity contribution in [2.75, 3.05) is 40.4 Å². The highest BCUT2D eigenvalue weighted by Crippen LogP contribution is 2.21. The van der Waals surface area contributed by atoms with Crippen LogP contribution in [0.15, 0.2) is 18.2 Å². The number of ether oxygens (including phenoxy) is 2. The maximum Gasteiger partial charge on any atom is 0.124 e. The largest absolute Gasteiger partial charge is 0.496 e. The summed E-state index contributed by atoms with van der Waals surface area (Å²) in [4.78, 5) is 2.46. The van der Waals surface area contributed by atoms with Gasteiger partial charge >= 0.3 is 0 Å². The molecule has 1 saturated heterocycles. The monoisotopic (exact) mass is 250 g/mol. The van der Waals surface area contributed by atoms with Gasteiger partial charge in [0.1, 0.15) is 5.75 Å². The first-order chi connectivity index (χ1) is 8.83. The topological polar surface area (TPSA) is 33.7 Å². The second kappa shape index (κ2) is 6.73. The lowest BCUT2D eigenvalue weighted by Gasteiger charge is -2.27. The van der Waals surface area contributed by atoms with E-state index in [2.05, 4.69) is 28.4 Å². The number of hydrogen-bond acceptors (Lipinski definition) is 4. The van der Waals surface area contributed by atoms with E-state index in [1.54, 1.807) is 14.2 Å². The Bertz CT molecular complexity index is 376. The highest BCUT2D eigenvalue weighted by Gasteiger charge is 2.11. The summed E-state index contributed by atoms with van der Waals surface area (Å²) >= 11 is 0. The lowest BCUT2D eigenvalue weighted by molar-refractivity contribution is 0.181. The lowest BCUT2D eigenvalue weighted by Crippen LogP contribution is -2.42. The predicted molar refractivity (Wildman–Crippen MR) is 71.9 cm³/mol. The molecule has 1 fully saturated rings. The quantitative estimate of drug-likeness (QED) is 0.852. The molecule has 1 aliphatic heterocycles. The Labute approximate surface area is 109 Å². The van der Waals surface area contributed by atoms with Gasteiger partial charge in [-0.2, -0.15) is 0 Å². The van der Waals surface area contributed by atoms with Crippen molar-refractivity contribution in [3.8, 4) is 5.75 Å². The van der Waals surface area contributed by atoms with Gasteiger partial charge in [0.2, 0.25) is 0 Å². The molecule has 0 spiro atoms. The molecule has 2 rings (SSSR count). The first kappa shape index (κ1) is 13.3. The zero-order valence-electron chi connectivity index (χ0n) is 11.2. The third kappa shape index (κ3) is 3.45. The fourth-order valence-electron chi connectivity index (χ4n) is 2.29. The number of nitrogens with zero attached hydrogens (tertiary/aromatic N) is 1. The maximum atomic E-state index is 5.42. The molecule has 1 aromatic carbocycles. The molecule has 4 nitrogen and oxygen atoms in total. The number of hydrogen-bond donors (Lipinski definition) is 1. The van der Waals surface area contributed by atoms with Crippen LogP contribution < -0.4 is 10.1 Å². The number of methoxy groups -OCH3 is 2. The molecule has 1 aliphatic rings. The molecule has 0 unspecified atom stereocenters. The fraction of sp³-hybridized carbons (Fsp3) is 0.571. The van der Waals surface area contributed by atoms with Crippen LogP contribution in [0.3, 0.4) is 0 Å². The van der Waals surface area contributed by atoms with Crippen LogP contribution in [0.2, 0.25) is 0 Å². The minimum atomic E-state index is 0.594. The fourth-order valence-corrected chi connectivity index (χ4v) is 2.29. The molecule has 0 radical (unpaired) electrons. The van der Waals surface area contributed by atoms with E-state index in [1.165, 1.54) is 5.56 Å². The summed E-state index contributed by atoms with van der Waals surface area (Å²) in [6.45, 7) is 5.98. The van der Waals surface area contributed by atoms with Gasteiger partial charge in [0.25, 0.3) is 0 Å². The van der Waals surface area contributed by atoms with Gasteiger partial charge in [-0.05, 0) is 11.6 Å². The van der Waals surface area contributed by atoms with Gasteiger partial charge in [-0.15, -0.1) is 0 Å². The van der Waals surface area contributed by atoms with Crippen molar-refractivity contribution in [2.24, 2.45) is 0 Å². The van der Waals surface area contributed by atoms with Crippen molar-refractivity contribution in [3.05, 3.63) is 29.3 Å². The van der Waals surface area contributed by atoms with E-state index in [0.29, 0.717) is 6.61 Å². The second-order valence-electron chi connectivity index (χ2n) is 4.61. The number of piperazine rings is 1. The zero-order chi connectivity index (χ0) is 12.8. The van der Waals surface area contributed by atoms with E-state index in [-0.39, 0.29) is 0 Å². The minimum absolute atomic E-state index is 0.594. The van der Waals surface area contributed by atoms with Crippen molar-refractivity contribution < 1.29 is 9.47 Å². The van der Waals surface area contributed by atoms with Crippen LogP contribution in [-0.4, -0.2) is 45.3 Å². The van der Waals surface area contributed by atoms with Gasteiger partial charge < -0.3 is 14.8 Å². The average molecular weight is 250 g/mol. The van der Waals surface area contributed by atoms with Crippen LogP contribution in [0.1, 0.15) is 11.1 Å². The molecule has 1 aromatic rings. The lowest BCUT2D eigenvalue weighted by atomic mass is 10.1. The third-order valence-electron chi connectivity index (χ3n) is 3.27. The van der Waals surface area contributed by atoms with E-state index < -0.39 is 0 Å². The molecule has 1 heterocycles. The second-order valence-corrected chi connectivity index (χ2v) is 4.61. The highest BCUT2D eigenvalue weighted by molar-refractivity contribution is 5.37. The SMILES string of the molecule is COCc1ccc(CN2CCNCC2)cc1OC. The van der Waals surface area contributed by atoms with Crippen LogP contribution in [0.4, 0.5) is 0 Å². The van der Waals surface area contributed by atoms with Crippen LogP contribution in [0, 0.1) is 0 Å². The minimum Gasteiger partial charge on any atom is -0.496 e. The van der Waals surface area contributed by atoms with Crippen LogP contribution in [-0.2, 0) is 17.9 Å². The Kier molecular flexibility index (Phi) is 4.99. The molecule has 0 saturated carbocycles. The Balaban J connectivity index is 2.04. The number of nitrogens with one attached hydrogen (secondary N) is 1. The first-order valence-corrected chi connectivity index (χ1v) is 6.41. The van der Waals surface area contributed by atoms with Crippen molar-refractivity contribution in [3.63, 3.8) is 0 Å². The van der Waals surface area contributed by atoms with Gasteiger partial charge in [-0.1, -0.05) is 12.1 Å². The molecule has 1 N–H and O–H groups in total. The smallest absolute Gasteiger partial charge is 0.124 e. The summed E-state index contributed by atoms with van der Waals surface area (Å²) in [5.41, 5.74) is 2.40. The van der Waals surface area contributed by atoms with E-state index in [0.717, 1.165) is 44.0 Å². The van der Waals surface area contributed by atoms with E-state index in [4.69, 9.17) is 9.47 Å². The molecule has 0 amide bonds. The highest BCUT2D eigenvalue weighted by atomic mass is 16.5. The molecule has 0 aromatic heterocycles. The summed E-state index contributed by atoms with van der Waals surface area (Å²) in [6, 6.07) is 6.38. The summed E-state index contributed by atoms with van der Waals surface area (Å²) in [5.74, 6) is 0.921. The molecule has 4 heteroatoms. The third-order valence-corrected chi connectivity index (χ3v) is 3.27. The Morgan fingerprint density at radius 1 is 1.22 bits per heavy atom. The molecule has 18 heavy (non-hydrogen) atoms. The summed E-state index contributed by atoms with van der Waals surface area (Å²) < 4.78 is 10.6. The number of benzene rings is 1. The van der Waals surface area contributed by atoms with Crippen molar-refractivity contribution in [2.45, 2.75) is 13.2 Å². The van der Waals surface area contributed by atoms with Crippen molar-refractivity contribution >= 4 is 0 Å². The Morgan fingerprint density at radius 2 is 2.00 bits per heavy atom. The number of rotatable bonds is 5. The first-order valence-electron chi connectivity index (χ1n) is 6.41. The normalized spacial score (nSPS) is 16.8. The molecular formula is C14H22N2O2. The zero-order valence-corrected chi connectivity index (χ0v) is 11.2. The maximum absolute atomic E-state index is 5.42. The standard InChI is InChI=1S/C14H22N2O2/c1-17-11-13-4-3-12(9-14(13)18-2)10-16-7-5-15-6-8-16/h3-4,9,15H,5-8,10-11H2,1-2H3. The Morgan fingerprint density at radius 3 is 2.67 bits per heavy atom. The van der Waals surface area contributed by atoms with Gasteiger partial charge in [0, 0.05) is 45.4 Å². The van der Waals surface area contributed by atoms with E-state index in [9.17, 15) is 0 Å². The van der Waals surface area contributed by atoms with E-state index >= 15 is 0 Å². The Hall–Kier alpha value is -1.10. The van der Waals surface area contributed by atoms with Crippen molar-refractivity contribution in [1.29, 1.82) is 0 Å². The van der Waals surface area contributed by atoms with Crippen LogP contribution >= 0.6 is 0 Å². The van der Waals surface area contributed by atoms with E-state index in [1.807, 2.05) is 0 Å². The molecule has 100 valence electrons. The van der Waals surface area contributed by atoms with Gasteiger partial charge in [-0.25, -0.2) is 0 Å². The van der Waals surface area contributed by atoms with Gasteiger partial charge in [0.05, 0.1) is 13.7 Å². The van der Waals surface area contributed by atoms with Crippen molar-refractivity contribution in [1.82, 2.24) is 10.2 Å². The summed E-state index contributed by atoms with van der Waals surface area (Å²) in [6.07, 6.45) is 0. The predicted octanol–water partition coefficient (Wildman–Crippen LogP) is 1.25. The van der Waals surface area contributed by atoms with Crippen LogP contribution in [0.25, 0.3) is 0 Å². The average Bonchev–Trinajstić information content (AvgIpc) is 2.42. The van der Waals surface area contributed by atoms with Gasteiger partial charge in [-0.3, -0.25) is 4.90 Å². The molecular weight excluding hydrogens is 228 g/mol. The van der Waals surface area contributed by atoms with Gasteiger partial charge in [0.15, 0.2) is 0 Å². The summed E-state index contributed by atoms with van der Waals surface area (Å²) in [7, 11) is 3.41.